The molecule has 1 aromatic rings. The van der Waals surface area contributed by atoms with Crippen molar-refractivity contribution in [2.75, 3.05) is 107 Å². The lowest BCUT2D eigenvalue weighted by atomic mass is 9.68. The van der Waals surface area contributed by atoms with E-state index in [0.717, 1.165) is 32.2 Å². The third-order valence-electron chi connectivity index (χ3n) is 10.0. The molecule has 45 heavy (non-hydrogen) atoms. The first-order valence-electron chi connectivity index (χ1n) is 16.9. The van der Waals surface area contributed by atoms with Gasteiger partial charge in [0, 0.05) is 37.8 Å². The quantitative estimate of drug-likeness (QED) is 0.196. The normalized spacial score (nSPS) is 26.1. The molecule has 2 aliphatic carbocycles. The summed E-state index contributed by atoms with van der Waals surface area (Å²) in [5.41, 5.74) is 1.24. The summed E-state index contributed by atoms with van der Waals surface area (Å²) in [5.74, 6) is 0.556. The maximum absolute atomic E-state index is 12.9. The zero-order valence-electron chi connectivity index (χ0n) is 27.9. The second kappa shape index (κ2) is 18.6. The van der Waals surface area contributed by atoms with Crippen molar-refractivity contribution in [3.8, 4) is 0 Å². The highest BCUT2D eigenvalue weighted by molar-refractivity contribution is 5.78. The Bertz CT molecular complexity index is 973. The van der Waals surface area contributed by atoms with E-state index >= 15 is 0 Å². The predicted molar refractivity (Wildman–Crippen MR) is 173 cm³/mol. The van der Waals surface area contributed by atoms with Crippen LogP contribution in [-0.2, 0) is 34.0 Å². The fourth-order valence-electron chi connectivity index (χ4n) is 7.10. The maximum Gasteiger partial charge on any atom is 0.234 e. The van der Waals surface area contributed by atoms with Crippen LogP contribution in [0, 0.1) is 5.92 Å². The summed E-state index contributed by atoms with van der Waals surface area (Å²) < 4.78 is 26.8. The fourth-order valence-corrected chi connectivity index (χ4v) is 7.10. The third kappa shape index (κ3) is 10.2. The van der Waals surface area contributed by atoms with Crippen LogP contribution in [0.25, 0.3) is 0 Å². The number of rotatable bonds is 21. The number of aliphatic hydroxyl groups excluding tert-OH is 1. The molecule has 1 atom stereocenters. The number of nitrogens with zero attached hydrogens (tertiary/aromatic N) is 3. The lowest BCUT2D eigenvalue weighted by Crippen LogP contribution is -2.57. The lowest BCUT2D eigenvalue weighted by Gasteiger charge is -2.52. The second-order valence-electron chi connectivity index (χ2n) is 13.0. The topological polar surface area (TPSA) is 105 Å². The van der Waals surface area contributed by atoms with E-state index in [1.807, 2.05) is 4.90 Å². The molecule has 1 spiro atoms. The Morgan fingerprint density at radius 3 is 2.00 bits per heavy atom. The minimum Gasteiger partial charge on any atom is -0.382 e. The maximum atomic E-state index is 12.9. The molecule has 1 heterocycles. The summed E-state index contributed by atoms with van der Waals surface area (Å²) in [6.45, 7) is 6.81. The van der Waals surface area contributed by atoms with Gasteiger partial charge in [0.25, 0.3) is 0 Å². The highest BCUT2D eigenvalue weighted by atomic mass is 16.6. The SMILES string of the molecule is COCCOCCOCCOCCOCCNC(=O)CN1CC2(CCC(c3ccccc3)(N(C)C)CC2)N(CC2CCC2)C1O. The van der Waals surface area contributed by atoms with Crippen LogP contribution in [0.2, 0.25) is 0 Å². The van der Waals surface area contributed by atoms with Gasteiger partial charge in [0.15, 0.2) is 6.35 Å². The molecule has 2 N–H and O–H groups in total. The molecule has 0 radical (unpaired) electrons. The Labute approximate surface area is 270 Å². The first-order valence-corrected chi connectivity index (χ1v) is 16.9. The molecule has 3 fully saturated rings. The highest BCUT2D eigenvalue weighted by Crippen LogP contribution is 2.50. The van der Waals surface area contributed by atoms with E-state index in [1.165, 1.54) is 24.8 Å². The molecule has 11 nitrogen and oxygen atoms in total. The van der Waals surface area contributed by atoms with Gasteiger partial charge in [-0.05, 0) is 64.1 Å². The Hall–Kier alpha value is -1.67. The van der Waals surface area contributed by atoms with Crippen molar-refractivity contribution in [3.63, 3.8) is 0 Å². The summed E-state index contributed by atoms with van der Waals surface area (Å²) in [5, 5.41) is 14.5. The predicted octanol–water partition coefficient (Wildman–Crippen LogP) is 2.28. The summed E-state index contributed by atoms with van der Waals surface area (Å²) in [6, 6.07) is 10.8. The number of hydrogen-bond acceptors (Lipinski definition) is 10. The number of hydrogen-bond donors (Lipinski definition) is 2. The van der Waals surface area contributed by atoms with Crippen LogP contribution < -0.4 is 5.32 Å². The average molecular weight is 635 g/mol. The van der Waals surface area contributed by atoms with E-state index in [4.69, 9.17) is 23.7 Å². The minimum absolute atomic E-state index is 0.0112. The number of carbonyl (C=O) groups excluding carboxylic acids is 1. The van der Waals surface area contributed by atoms with Gasteiger partial charge in [-0.2, -0.15) is 0 Å². The van der Waals surface area contributed by atoms with Gasteiger partial charge >= 0.3 is 0 Å². The van der Waals surface area contributed by atoms with Crippen LogP contribution in [0.5, 0.6) is 0 Å². The van der Waals surface area contributed by atoms with Gasteiger partial charge in [0.1, 0.15) is 0 Å². The first kappa shape index (κ1) is 36.2. The standard InChI is InChI=1S/C34H58N4O7/c1-36(2)34(30-10-5-4-6-11-30)14-12-33(13-15-34)28-37(32(40)38(33)26-29-8-7-9-29)27-31(39)35-16-17-42-20-21-44-24-25-45-23-22-43-19-18-41-3/h4-6,10-11,29,32,40H,7-9,12-28H2,1-3H3,(H,35,39). The van der Waals surface area contributed by atoms with Crippen LogP contribution in [0.1, 0.15) is 50.5 Å². The van der Waals surface area contributed by atoms with E-state index in [0.29, 0.717) is 78.5 Å². The second-order valence-corrected chi connectivity index (χ2v) is 13.0. The highest BCUT2D eigenvalue weighted by Gasteiger charge is 2.55. The smallest absolute Gasteiger partial charge is 0.234 e. The van der Waals surface area contributed by atoms with Crippen molar-refractivity contribution in [3.05, 3.63) is 35.9 Å². The van der Waals surface area contributed by atoms with Gasteiger partial charge in [-0.3, -0.25) is 19.5 Å². The average Bonchev–Trinajstić information content (AvgIpc) is 3.26. The summed E-state index contributed by atoms with van der Waals surface area (Å²) in [4.78, 5) is 19.6. The number of benzene rings is 1. The number of methoxy groups -OCH3 is 1. The van der Waals surface area contributed by atoms with Crippen molar-refractivity contribution in [2.24, 2.45) is 5.92 Å². The third-order valence-corrected chi connectivity index (χ3v) is 10.0. The van der Waals surface area contributed by atoms with Gasteiger partial charge in [-0.25, -0.2) is 0 Å². The molecule has 1 amide bonds. The van der Waals surface area contributed by atoms with Crippen molar-refractivity contribution in [1.82, 2.24) is 20.0 Å². The van der Waals surface area contributed by atoms with E-state index in [1.54, 1.807) is 7.11 Å². The Balaban J connectivity index is 1.16. The number of carbonyl (C=O) groups is 1. The van der Waals surface area contributed by atoms with Gasteiger partial charge in [-0.1, -0.05) is 36.8 Å². The Morgan fingerprint density at radius 1 is 0.889 bits per heavy atom. The number of nitrogens with one attached hydrogen (secondary N) is 1. The van der Waals surface area contributed by atoms with E-state index in [9.17, 15) is 9.90 Å². The molecule has 0 bridgehead atoms. The summed E-state index contributed by atoms with van der Waals surface area (Å²) in [7, 11) is 6.02. The van der Waals surface area contributed by atoms with Crippen molar-refractivity contribution in [2.45, 2.75) is 62.4 Å². The van der Waals surface area contributed by atoms with Crippen LogP contribution in [0.3, 0.4) is 0 Å². The molecule has 1 aliphatic heterocycles. The molecule has 11 heteroatoms. The van der Waals surface area contributed by atoms with E-state index < -0.39 is 6.35 Å². The Morgan fingerprint density at radius 2 is 1.47 bits per heavy atom. The zero-order chi connectivity index (χ0) is 32.0. The molecular weight excluding hydrogens is 576 g/mol. The molecule has 1 aromatic carbocycles. The van der Waals surface area contributed by atoms with Crippen LogP contribution in [-0.4, -0.2) is 144 Å². The van der Waals surface area contributed by atoms with Gasteiger partial charge in [0.05, 0.1) is 66.0 Å². The molecule has 1 unspecified atom stereocenters. The van der Waals surface area contributed by atoms with Crippen LogP contribution in [0.4, 0.5) is 0 Å². The summed E-state index contributed by atoms with van der Waals surface area (Å²) in [6.07, 6.45) is 7.04. The van der Waals surface area contributed by atoms with Crippen molar-refractivity contribution in [1.29, 1.82) is 0 Å². The Kier molecular flexibility index (Phi) is 15.0. The van der Waals surface area contributed by atoms with Crippen molar-refractivity contribution >= 4 is 5.91 Å². The van der Waals surface area contributed by atoms with Gasteiger partial charge < -0.3 is 34.1 Å². The summed E-state index contributed by atoms with van der Waals surface area (Å²) >= 11 is 0. The minimum atomic E-state index is -0.736. The molecule has 256 valence electrons. The van der Waals surface area contributed by atoms with Crippen LogP contribution >= 0.6 is 0 Å². The first-order chi connectivity index (χ1) is 21.9. The zero-order valence-corrected chi connectivity index (χ0v) is 27.9. The lowest BCUT2D eigenvalue weighted by molar-refractivity contribution is -0.130. The largest absolute Gasteiger partial charge is 0.382 e. The van der Waals surface area contributed by atoms with Gasteiger partial charge in [0.2, 0.25) is 5.91 Å². The monoisotopic (exact) mass is 634 g/mol. The van der Waals surface area contributed by atoms with E-state index in [2.05, 4.69) is 59.5 Å². The molecule has 3 aliphatic rings. The van der Waals surface area contributed by atoms with Gasteiger partial charge in [-0.15, -0.1) is 0 Å². The van der Waals surface area contributed by atoms with E-state index in [-0.39, 0.29) is 23.5 Å². The molecule has 1 saturated heterocycles. The van der Waals surface area contributed by atoms with Crippen LogP contribution in [0.15, 0.2) is 30.3 Å². The fraction of sp³-hybridized carbons (Fsp3) is 0.794. The molecule has 2 saturated carbocycles. The van der Waals surface area contributed by atoms with Crippen molar-refractivity contribution < 1.29 is 33.6 Å². The number of ether oxygens (including phenoxy) is 5. The number of amides is 1. The number of aliphatic hydroxyl groups is 1. The molecule has 0 aromatic heterocycles. The molecular formula is C34H58N4O7. The molecule has 4 rings (SSSR count).